The van der Waals surface area contributed by atoms with Gasteiger partial charge < -0.3 is 10.2 Å². The predicted molar refractivity (Wildman–Crippen MR) is 121 cm³/mol. The second-order valence-corrected chi connectivity index (χ2v) is 10.9. The molecule has 2 rings (SSSR count). The van der Waals surface area contributed by atoms with Gasteiger partial charge in [-0.25, -0.2) is 8.42 Å². The first-order valence-corrected chi connectivity index (χ1v) is 13.3. The van der Waals surface area contributed by atoms with E-state index < -0.39 is 16.1 Å². The van der Waals surface area contributed by atoms with Gasteiger partial charge in [-0.15, -0.1) is 0 Å². The standard InChI is InChI=1S/C19H29Cl2N3O3S2/c1-14-4-3-9-24(13-14)10-8-22-19(25)17(7-11-28-2)23-29(26,27)18-12-15(20)5-6-16(18)21/h5-6,12,14,17,23H,3-4,7-11,13H2,1-2H3,(H,22,25). The zero-order valence-electron chi connectivity index (χ0n) is 16.8. The molecule has 2 atom stereocenters. The zero-order chi connectivity index (χ0) is 21.4. The number of likely N-dealkylation sites (tertiary alicyclic amines) is 1. The SMILES string of the molecule is CSCCC(NS(=O)(=O)c1cc(Cl)ccc1Cl)C(=O)NCCN1CCCC(C)C1. The molecule has 164 valence electrons. The average Bonchev–Trinajstić information content (AvgIpc) is 2.66. The molecular weight excluding hydrogens is 453 g/mol. The molecule has 1 saturated heterocycles. The fourth-order valence-electron chi connectivity index (χ4n) is 3.36. The van der Waals surface area contributed by atoms with Gasteiger partial charge in [-0.3, -0.25) is 4.79 Å². The largest absolute Gasteiger partial charge is 0.353 e. The Bertz CT molecular complexity index is 793. The van der Waals surface area contributed by atoms with Crippen molar-refractivity contribution in [2.45, 2.75) is 37.1 Å². The normalized spacial score (nSPS) is 19.1. The summed E-state index contributed by atoms with van der Waals surface area (Å²) in [6.07, 6.45) is 4.71. The molecule has 0 radical (unpaired) electrons. The van der Waals surface area contributed by atoms with Gasteiger partial charge >= 0.3 is 0 Å². The third-order valence-electron chi connectivity index (χ3n) is 4.88. The highest BCUT2D eigenvalue weighted by Crippen LogP contribution is 2.25. The third kappa shape index (κ3) is 7.92. The van der Waals surface area contributed by atoms with Crippen molar-refractivity contribution in [3.63, 3.8) is 0 Å². The van der Waals surface area contributed by atoms with E-state index in [-0.39, 0.29) is 20.8 Å². The molecule has 2 unspecified atom stereocenters. The van der Waals surface area contributed by atoms with Crippen molar-refractivity contribution in [3.8, 4) is 0 Å². The number of nitrogens with zero attached hydrogens (tertiary/aromatic N) is 1. The van der Waals surface area contributed by atoms with E-state index in [2.05, 4.69) is 21.9 Å². The molecule has 0 saturated carbocycles. The van der Waals surface area contributed by atoms with Gasteiger partial charge in [-0.1, -0.05) is 30.1 Å². The van der Waals surface area contributed by atoms with Crippen molar-refractivity contribution < 1.29 is 13.2 Å². The number of hydrogen-bond donors (Lipinski definition) is 2. The van der Waals surface area contributed by atoms with Crippen molar-refractivity contribution in [1.82, 2.24) is 14.9 Å². The number of rotatable bonds is 10. The molecule has 1 aliphatic heterocycles. The molecule has 2 N–H and O–H groups in total. The zero-order valence-corrected chi connectivity index (χ0v) is 19.9. The number of sulfonamides is 1. The quantitative estimate of drug-likeness (QED) is 0.536. The van der Waals surface area contributed by atoms with E-state index in [1.54, 1.807) is 11.8 Å². The van der Waals surface area contributed by atoms with Gasteiger partial charge in [0.1, 0.15) is 10.9 Å². The fraction of sp³-hybridized carbons (Fsp3) is 0.632. The van der Waals surface area contributed by atoms with E-state index in [4.69, 9.17) is 23.2 Å². The lowest BCUT2D eigenvalue weighted by molar-refractivity contribution is -0.122. The molecule has 1 amide bonds. The monoisotopic (exact) mass is 481 g/mol. The van der Waals surface area contributed by atoms with Crippen LogP contribution in [0.4, 0.5) is 0 Å². The van der Waals surface area contributed by atoms with Crippen LogP contribution in [-0.2, 0) is 14.8 Å². The number of nitrogens with one attached hydrogen (secondary N) is 2. The lowest BCUT2D eigenvalue weighted by atomic mass is 10.0. The summed E-state index contributed by atoms with van der Waals surface area (Å²) >= 11 is 13.5. The summed E-state index contributed by atoms with van der Waals surface area (Å²) < 4.78 is 28.1. The molecule has 1 aromatic rings. The molecule has 1 heterocycles. The summed E-state index contributed by atoms with van der Waals surface area (Å²) in [6, 6.07) is 3.35. The maximum atomic E-state index is 12.8. The van der Waals surface area contributed by atoms with E-state index in [1.807, 2.05) is 6.26 Å². The minimum atomic E-state index is -3.99. The Balaban J connectivity index is 1.99. The summed E-state index contributed by atoms with van der Waals surface area (Å²) in [5.41, 5.74) is 0. The number of carbonyl (C=O) groups excluding carboxylic acids is 1. The number of hydrogen-bond acceptors (Lipinski definition) is 5. The smallest absolute Gasteiger partial charge is 0.242 e. The van der Waals surface area contributed by atoms with E-state index in [1.165, 1.54) is 31.0 Å². The highest BCUT2D eigenvalue weighted by molar-refractivity contribution is 7.98. The van der Waals surface area contributed by atoms with Crippen molar-refractivity contribution >= 4 is 50.9 Å². The van der Waals surface area contributed by atoms with Crippen molar-refractivity contribution in [1.29, 1.82) is 0 Å². The Morgan fingerprint density at radius 3 is 2.83 bits per heavy atom. The summed E-state index contributed by atoms with van der Waals surface area (Å²) in [4.78, 5) is 14.9. The number of carbonyl (C=O) groups is 1. The lowest BCUT2D eigenvalue weighted by Gasteiger charge is -2.31. The van der Waals surface area contributed by atoms with Gasteiger partial charge in [-0.05, 0) is 61.9 Å². The molecule has 0 aromatic heterocycles. The predicted octanol–water partition coefficient (Wildman–Crippen LogP) is 3.24. The minimum absolute atomic E-state index is 0.0603. The number of piperidine rings is 1. The van der Waals surface area contributed by atoms with Gasteiger partial charge in [-0.2, -0.15) is 16.5 Å². The van der Waals surface area contributed by atoms with E-state index >= 15 is 0 Å². The molecule has 0 spiro atoms. The first kappa shape index (κ1) is 24.8. The molecule has 10 heteroatoms. The first-order chi connectivity index (χ1) is 13.7. The maximum Gasteiger partial charge on any atom is 0.242 e. The highest BCUT2D eigenvalue weighted by atomic mass is 35.5. The second-order valence-electron chi connectivity index (χ2n) is 7.37. The van der Waals surface area contributed by atoms with Gasteiger partial charge in [0.15, 0.2) is 0 Å². The summed E-state index contributed by atoms with van der Waals surface area (Å²) in [5.74, 6) is 0.988. The average molecular weight is 482 g/mol. The molecule has 0 aliphatic carbocycles. The molecule has 29 heavy (non-hydrogen) atoms. The Hall–Kier alpha value is -0.510. The van der Waals surface area contributed by atoms with Crippen LogP contribution in [-0.4, -0.2) is 63.5 Å². The van der Waals surface area contributed by atoms with Gasteiger partial charge in [0.05, 0.1) is 5.02 Å². The topological polar surface area (TPSA) is 78.5 Å². The Kier molecular flexibility index (Phi) is 10.0. The van der Waals surface area contributed by atoms with Crippen LogP contribution in [0.5, 0.6) is 0 Å². The van der Waals surface area contributed by atoms with Gasteiger partial charge in [0.2, 0.25) is 15.9 Å². The van der Waals surface area contributed by atoms with Crippen LogP contribution in [0.15, 0.2) is 23.1 Å². The van der Waals surface area contributed by atoms with Crippen molar-refractivity contribution in [2.24, 2.45) is 5.92 Å². The highest BCUT2D eigenvalue weighted by Gasteiger charge is 2.27. The van der Waals surface area contributed by atoms with Crippen LogP contribution in [0.25, 0.3) is 0 Å². The van der Waals surface area contributed by atoms with Gasteiger partial charge in [0, 0.05) is 24.7 Å². The van der Waals surface area contributed by atoms with Crippen LogP contribution in [0.3, 0.4) is 0 Å². The summed E-state index contributed by atoms with van der Waals surface area (Å²) in [7, 11) is -3.99. The van der Waals surface area contributed by atoms with E-state index in [0.29, 0.717) is 24.6 Å². The summed E-state index contributed by atoms with van der Waals surface area (Å²) in [5, 5.41) is 3.20. The molecular formula is C19H29Cl2N3O3S2. The minimum Gasteiger partial charge on any atom is -0.353 e. The van der Waals surface area contributed by atoms with Crippen LogP contribution in [0.2, 0.25) is 10.0 Å². The van der Waals surface area contributed by atoms with Crippen LogP contribution < -0.4 is 10.0 Å². The number of benzene rings is 1. The third-order valence-corrected chi connectivity index (χ3v) is 7.71. The van der Waals surface area contributed by atoms with Crippen LogP contribution in [0.1, 0.15) is 26.2 Å². The molecule has 1 fully saturated rings. The maximum absolute atomic E-state index is 12.8. The Labute approximate surface area is 188 Å². The fourth-order valence-corrected chi connectivity index (χ4v) is 5.83. The van der Waals surface area contributed by atoms with Crippen molar-refractivity contribution in [2.75, 3.05) is 38.2 Å². The first-order valence-electron chi connectivity index (χ1n) is 9.69. The lowest BCUT2D eigenvalue weighted by Crippen LogP contribution is -2.49. The Morgan fingerprint density at radius 1 is 1.38 bits per heavy atom. The van der Waals surface area contributed by atoms with Gasteiger partial charge in [0.25, 0.3) is 0 Å². The number of thioether (sulfide) groups is 1. The van der Waals surface area contributed by atoms with E-state index in [0.717, 1.165) is 19.6 Å². The van der Waals surface area contributed by atoms with Crippen LogP contribution >= 0.6 is 35.0 Å². The molecule has 6 nitrogen and oxygen atoms in total. The van der Waals surface area contributed by atoms with Crippen molar-refractivity contribution in [3.05, 3.63) is 28.2 Å². The Morgan fingerprint density at radius 2 is 2.14 bits per heavy atom. The number of halogens is 2. The molecule has 0 bridgehead atoms. The molecule has 1 aromatic carbocycles. The molecule has 1 aliphatic rings. The summed E-state index contributed by atoms with van der Waals surface area (Å²) in [6.45, 7) is 5.56. The number of amides is 1. The van der Waals surface area contributed by atoms with E-state index in [9.17, 15) is 13.2 Å². The second kappa shape index (κ2) is 11.8. The van der Waals surface area contributed by atoms with Crippen LogP contribution in [0, 0.1) is 5.92 Å².